The first-order valence-electron chi connectivity index (χ1n) is 7.27. The van der Waals surface area contributed by atoms with Crippen molar-refractivity contribution >= 4 is 22.6 Å². The zero-order valence-corrected chi connectivity index (χ0v) is 12.2. The van der Waals surface area contributed by atoms with Crippen LogP contribution in [0.3, 0.4) is 0 Å². The van der Waals surface area contributed by atoms with Gasteiger partial charge in [-0.05, 0) is 30.8 Å². The van der Waals surface area contributed by atoms with Gasteiger partial charge in [0.15, 0.2) is 0 Å². The molecule has 1 heterocycles. The molecule has 3 N–H and O–H groups in total. The van der Waals surface area contributed by atoms with Gasteiger partial charge in [0.25, 0.3) is 0 Å². The van der Waals surface area contributed by atoms with E-state index in [4.69, 9.17) is 5.73 Å². The number of carbonyl (C=O) groups excluding carboxylic acids is 1. The van der Waals surface area contributed by atoms with E-state index in [9.17, 15) is 4.79 Å². The predicted molar refractivity (Wildman–Crippen MR) is 87.6 cm³/mol. The second-order valence-corrected chi connectivity index (χ2v) is 5.06. The van der Waals surface area contributed by atoms with Gasteiger partial charge in [0.1, 0.15) is 12.4 Å². The molecule has 0 aliphatic carbocycles. The summed E-state index contributed by atoms with van der Waals surface area (Å²) in [7, 11) is 0. The first kappa shape index (κ1) is 14.3. The number of para-hydroxylation sites is 3. The Morgan fingerprint density at radius 1 is 1.09 bits per heavy atom. The summed E-state index contributed by atoms with van der Waals surface area (Å²) in [5.41, 5.74) is 8.28. The van der Waals surface area contributed by atoms with Gasteiger partial charge in [-0.3, -0.25) is 4.79 Å². The number of imidazole rings is 1. The number of hydrogen-bond donors (Lipinski definition) is 2. The van der Waals surface area contributed by atoms with Crippen LogP contribution < -0.4 is 11.1 Å². The van der Waals surface area contributed by atoms with Gasteiger partial charge in [-0.2, -0.15) is 0 Å². The number of amides is 1. The van der Waals surface area contributed by atoms with Crippen molar-refractivity contribution in [2.24, 2.45) is 5.73 Å². The van der Waals surface area contributed by atoms with E-state index in [1.807, 2.05) is 59.2 Å². The molecule has 0 unspecified atom stereocenters. The maximum absolute atomic E-state index is 12.3. The van der Waals surface area contributed by atoms with E-state index < -0.39 is 0 Å². The lowest BCUT2D eigenvalue weighted by Gasteiger charge is -2.09. The second-order valence-electron chi connectivity index (χ2n) is 5.06. The molecule has 22 heavy (non-hydrogen) atoms. The maximum atomic E-state index is 12.3. The first-order valence-corrected chi connectivity index (χ1v) is 7.27. The Labute approximate surface area is 128 Å². The summed E-state index contributed by atoms with van der Waals surface area (Å²) in [5.74, 6) is 0.763. The molecule has 112 valence electrons. The summed E-state index contributed by atoms with van der Waals surface area (Å²) < 4.78 is 1.93. The third-order valence-corrected chi connectivity index (χ3v) is 3.46. The number of nitrogens with zero attached hydrogens (tertiary/aromatic N) is 2. The number of carbonyl (C=O) groups is 1. The molecule has 5 nitrogen and oxygen atoms in total. The van der Waals surface area contributed by atoms with E-state index in [0.29, 0.717) is 13.0 Å². The van der Waals surface area contributed by atoms with Gasteiger partial charge in [-0.15, -0.1) is 0 Å². The Morgan fingerprint density at radius 2 is 1.82 bits per heavy atom. The van der Waals surface area contributed by atoms with E-state index in [1.54, 1.807) is 0 Å². The third kappa shape index (κ3) is 2.99. The number of nitrogens with two attached hydrogens (primary N) is 1. The van der Waals surface area contributed by atoms with Crippen LogP contribution in [0.5, 0.6) is 0 Å². The summed E-state index contributed by atoms with van der Waals surface area (Å²) in [6, 6.07) is 17.2. The fourth-order valence-corrected chi connectivity index (χ4v) is 2.49. The van der Waals surface area contributed by atoms with Gasteiger partial charge in [0, 0.05) is 12.1 Å². The van der Waals surface area contributed by atoms with Crippen molar-refractivity contribution in [3.8, 4) is 0 Å². The van der Waals surface area contributed by atoms with Crippen molar-refractivity contribution in [2.45, 2.75) is 13.0 Å². The highest BCUT2D eigenvalue weighted by atomic mass is 16.1. The van der Waals surface area contributed by atoms with E-state index >= 15 is 0 Å². The average Bonchev–Trinajstić information content (AvgIpc) is 2.86. The van der Waals surface area contributed by atoms with E-state index in [0.717, 1.165) is 22.5 Å². The highest BCUT2D eigenvalue weighted by Gasteiger charge is 2.13. The number of aromatic nitrogens is 2. The van der Waals surface area contributed by atoms with Gasteiger partial charge < -0.3 is 15.6 Å². The molecule has 0 aliphatic rings. The maximum Gasteiger partial charge on any atom is 0.244 e. The standard InChI is InChI=1S/C17H18N4O/c18-11-10-16-20-14-8-4-5-9-15(14)21(16)12-17(22)19-13-6-2-1-3-7-13/h1-9H,10-12,18H2,(H,19,22). The summed E-state index contributed by atoms with van der Waals surface area (Å²) in [6.07, 6.45) is 0.646. The van der Waals surface area contributed by atoms with E-state index in [2.05, 4.69) is 10.3 Å². The minimum atomic E-state index is -0.0763. The smallest absolute Gasteiger partial charge is 0.244 e. The lowest BCUT2D eigenvalue weighted by molar-refractivity contribution is -0.116. The Morgan fingerprint density at radius 3 is 2.59 bits per heavy atom. The van der Waals surface area contributed by atoms with Crippen LogP contribution in [0.1, 0.15) is 5.82 Å². The monoisotopic (exact) mass is 294 g/mol. The molecule has 0 atom stereocenters. The number of hydrogen-bond acceptors (Lipinski definition) is 3. The molecule has 3 aromatic rings. The molecule has 0 radical (unpaired) electrons. The normalized spacial score (nSPS) is 10.8. The number of fused-ring (bicyclic) bond motifs is 1. The molecule has 0 bridgehead atoms. The molecule has 0 saturated heterocycles. The molecule has 1 aromatic heterocycles. The fourth-order valence-electron chi connectivity index (χ4n) is 2.49. The fraction of sp³-hybridized carbons (Fsp3) is 0.176. The van der Waals surface area contributed by atoms with Crippen molar-refractivity contribution < 1.29 is 4.79 Å². The van der Waals surface area contributed by atoms with Crippen molar-refractivity contribution in [2.75, 3.05) is 11.9 Å². The van der Waals surface area contributed by atoms with Crippen LogP contribution in [0.25, 0.3) is 11.0 Å². The summed E-state index contributed by atoms with van der Waals surface area (Å²) in [4.78, 5) is 16.9. The number of rotatable bonds is 5. The molecule has 0 fully saturated rings. The molecule has 3 rings (SSSR count). The lowest BCUT2D eigenvalue weighted by atomic mass is 10.3. The molecular weight excluding hydrogens is 276 g/mol. The minimum absolute atomic E-state index is 0.0763. The van der Waals surface area contributed by atoms with Gasteiger partial charge >= 0.3 is 0 Å². The van der Waals surface area contributed by atoms with Crippen LogP contribution >= 0.6 is 0 Å². The predicted octanol–water partition coefficient (Wildman–Crippen LogP) is 2.18. The Balaban J connectivity index is 1.86. The topological polar surface area (TPSA) is 72.9 Å². The zero-order valence-electron chi connectivity index (χ0n) is 12.2. The Kier molecular flexibility index (Phi) is 4.16. The van der Waals surface area contributed by atoms with Crippen LogP contribution in [-0.4, -0.2) is 22.0 Å². The number of nitrogens with one attached hydrogen (secondary N) is 1. The van der Waals surface area contributed by atoms with Gasteiger partial charge in [0.05, 0.1) is 11.0 Å². The first-order chi connectivity index (χ1) is 10.8. The van der Waals surface area contributed by atoms with Crippen LogP contribution in [0.4, 0.5) is 5.69 Å². The average molecular weight is 294 g/mol. The van der Waals surface area contributed by atoms with Crippen molar-refractivity contribution in [1.29, 1.82) is 0 Å². The molecule has 2 aromatic carbocycles. The third-order valence-electron chi connectivity index (χ3n) is 3.46. The Bertz CT molecular complexity index is 780. The van der Waals surface area contributed by atoms with Crippen LogP contribution in [0.15, 0.2) is 54.6 Å². The number of benzene rings is 2. The van der Waals surface area contributed by atoms with Crippen LogP contribution in [0.2, 0.25) is 0 Å². The van der Waals surface area contributed by atoms with Crippen LogP contribution in [0, 0.1) is 0 Å². The highest BCUT2D eigenvalue weighted by Crippen LogP contribution is 2.16. The lowest BCUT2D eigenvalue weighted by Crippen LogP contribution is -2.21. The molecule has 0 saturated carbocycles. The largest absolute Gasteiger partial charge is 0.330 e. The SMILES string of the molecule is NCCc1nc2ccccc2n1CC(=O)Nc1ccccc1. The van der Waals surface area contributed by atoms with Gasteiger partial charge in [0.2, 0.25) is 5.91 Å². The molecule has 1 amide bonds. The van der Waals surface area contributed by atoms with Gasteiger partial charge in [-0.1, -0.05) is 30.3 Å². The second kappa shape index (κ2) is 6.41. The van der Waals surface area contributed by atoms with Crippen molar-refractivity contribution in [3.63, 3.8) is 0 Å². The summed E-state index contributed by atoms with van der Waals surface area (Å²) >= 11 is 0. The molecular formula is C17H18N4O. The Hall–Kier alpha value is -2.66. The number of anilines is 1. The molecule has 0 aliphatic heterocycles. The summed E-state index contributed by atoms with van der Waals surface area (Å²) in [5, 5.41) is 2.90. The minimum Gasteiger partial charge on any atom is -0.330 e. The molecule has 5 heteroatoms. The summed E-state index contributed by atoms with van der Waals surface area (Å²) in [6.45, 7) is 0.731. The zero-order chi connectivity index (χ0) is 15.4. The highest BCUT2D eigenvalue weighted by molar-refractivity contribution is 5.91. The van der Waals surface area contributed by atoms with Gasteiger partial charge in [-0.25, -0.2) is 4.98 Å². The van der Waals surface area contributed by atoms with E-state index in [-0.39, 0.29) is 12.5 Å². The quantitative estimate of drug-likeness (QED) is 0.757. The van der Waals surface area contributed by atoms with Crippen molar-refractivity contribution in [1.82, 2.24) is 9.55 Å². The van der Waals surface area contributed by atoms with Crippen LogP contribution in [-0.2, 0) is 17.8 Å². The van der Waals surface area contributed by atoms with E-state index in [1.165, 1.54) is 0 Å². The van der Waals surface area contributed by atoms with Crippen molar-refractivity contribution in [3.05, 3.63) is 60.4 Å². The molecule has 0 spiro atoms.